The molecule has 6 nitrogen and oxygen atoms in total. The maximum absolute atomic E-state index is 13.4. The first-order valence-corrected chi connectivity index (χ1v) is 12.1. The van der Waals surface area contributed by atoms with E-state index >= 15 is 0 Å². The van der Waals surface area contributed by atoms with E-state index in [4.69, 9.17) is 19.4 Å². The van der Waals surface area contributed by atoms with E-state index in [-0.39, 0.29) is 30.5 Å². The number of aliphatic hydroxyl groups excluding tert-OH is 1. The fourth-order valence-electron chi connectivity index (χ4n) is 4.23. The smallest absolute Gasteiger partial charge is 0.360 e. The highest BCUT2D eigenvalue weighted by atomic mass is 19.1. The molecule has 0 amide bonds. The van der Waals surface area contributed by atoms with E-state index in [1.54, 1.807) is 30.5 Å². The maximum Gasteiger partial charge on any atom is 0.360 e. The van der Waals surface area contributed by atoms with Gasteiger partial charge >= 0.3 is 5.97 Å². The van der Waals surface area contributed by atoms with Gasteiger partial charge in [0.2, 0.25) is 0 Å². The minimum atomic E-state index is -0.639. The van der Waals surface area contributed by atoms with Crippen molar-refractivity contribution >= 4 is 16.9 Å². The number of esters is 1. The highest BCUT2D eigenvalue weighted by molar-refractivity contribution is 6.03. The summed E-state index contributed by atoms with van der Waals surface area (Å²) in [5.74, 6) is -0.695. The topological polar surface area (TPSA) is 81.5 Å². The van der Waals surface area contributed by atoms with Crippen LogP contribution in [-0.4, -0.2) is 28.2 Å². The molecule has 7 heteroatoms. The van der Waals surface area contributed by atoms with Crippen LogP contribution in [0.4, 0.5) is 4.39 Å². The first-order valence-electron chi connectivity index (χ1n) is 12.1. The van der Waals surface area contributed by atoms with Crippen molar-refractivity contribution in [3.63, 3.8) is 0 Å². The molecule has 0 radical (unpaired) electrons. The molecule has 5 rings (SSSR count). The molecule has 0 unspecified atom stereocenters. The molecule has 0 aliphatic heterocycles. The Kier molecular flexibility index (Phi) is 7.38. The van der Waals surface area contributed by atoms with Crippen molar-refractivity contribution < 1.29 is 23.8 Å². The van der Waals surface area contributed by atoms with Crippen LogP contribution in [0.3, 0.4) is 0 Å². The second-order valence-electron chi connectivity index (χ2n) is 8.80. The lowest BCUT2D eigenvalue weighted by molar-refractivity contribution is 0.0589. The van der Waals surface area contributed by atoms with E-state index in [1.165, 1.54) is 19.2 Å². The Bertz CT molecular complexity index is 1570. The molecule has 0 aliphatic rings. The van der Waals surface area contributed by atoms with Crippen molar-refractivity contribution in [2.75, 3.05) is 7.11 Å². The molecule has 5 aromatic rings. The maximum atomic E-state index is 13.4. The Hall–Kier alpha value is -4.62. The summed E-state index contributed by atoms with van der Waals surface area (Å²) in [5, 5.41) is 10.2. The van der Waals surface area contributed by atoms with Gasteiger partial charge in [0.15, 0.2) is 11.4 Å². The van der Waals surface area contributed by atoms with Gasteiger partial charge in [-0.05, 0) is 46.9 Å². The number of carbonyl (C=O) groups is 1. The molecule has 0 saturated carbocycles. The Morgan fingerprint density at radius 1 is 0.895 bits per heavy atom. The summed E-state index contributed by atoms with van der Waals surface area (Å²) in [4.78, 5) is 22.3. The Balaban J connectivity index is 1.67. The summed E-state index contributed by atoms with van der Waals surface area (Å²) < 4.78 is 24.6. The molecule has 0 bridgehead atoms. The van der Waals surface area contributed by atoms with E-state index in [0.29, 0.717) is 23.0 Å². The van der Waals surface area contributed by atoms with Crippen molar-refractivity contribution in [2.45, 2.75) is 19.6 Å². The first-order chi connectivity index (χ1) is 18.6. The third-order valence-electron chi connectivity index (χ3n) is 6.19. The summed E-state index contributed by atoms with van der Waals surface area (Å²) >= 11 is 0. The number of halogens is 1. The number of pyridine rings is 2. The third-order valence-corrected chi connectivity index (χ3v) is 6.19. The summed E-state index contributed by atoms with van der Waals surface area (Å²) in [6.45, 7) is 0.128. The molecule has 0 fully saturated rings. The molecule has 1 N–H and O–H groups in total. The van der Waals surface area contributed by atoms with Crippen molar-refractivity contribution in [2.24, 2.45) is 0 Å². The van der Waals surface area contributed by atoms with E-state index in [1.807, 2.05) is 48.5 Å². The van der Waals surface area contributed by atoms with Crippen LogP contribution in [0.15, 0.2) is 91.1 Å². The summed E-state index contributed by atoms with van der Waals surface area (Å²) in [6, 6.07) is 25.2. The Morgan fingerprint density at radius 3 is 2.29 bits per heavy atom. The number of hydrogen-bond donors (Lipinski definition) is 1. The minimum absolute atomic E-state index is 0.0240. The lowest BCUT2D eigenvalue weighted by Crippen LogP contribution is -2.11. The fourth-order valence-corrected chi connectivity index (χ4v) is 4.23. The first kappa shape index (κ1) is 25.0. The van der Waals surface area contributed by atoms with Crippen molar-refractivity contribution in [1.29, 1.82) is 0 Å². The molecular weight excluding hydrogens is 483 g/mol. The summed E-state index contributed by atoms with van der Waals surface area (Å²) in [7, 11) is 1.30. The van der Waals surface area contributed by atoms with Crippen molar-refractivity contribution in [3.8, 4) is 17.0 Å². The number of carbonyl (C=O) groups excluding carboxylic acids is 1. The van der Waals surface area contributed by atoms with Crippen molar-refractivity contribution in [3.05, 3.63) is 125 Å². The number of benzene rings is 3. The zero-order valence-corrected chi connectivity index (χ0v) is 20.7. The van der Waals surface area contributed by atoms with Gasteiger partial charge in [0, 0.05) is 17.1 Å². The van der Waals surface area contributed by atoms with Gasteiger partial charge in [0.1, 0.15) is 17.9 Å². The van der Waals surface area contributed by atoms with E-state index in [9.17, 15) is 14.3 Å². The summed E-state index contributed by atoms with van der Waals surface area (Å²) in [6.07, 6.45) is 2.26. The molecule has 0 spiro atoms. The second-order valence-corrected chi connectivity index (χ2v) is 8.80. The number of methoxy groups -OCH3 is 1. The van der Waals surface area contributed by atoms with Gasteiger partial charge in [-0.25, -0.2) is 14.2 Å². The van der Waals surface area contributed by atoms with Crippen LogP contribution in [0.2, 0.25) is 0 Å². The van der Waals surface area contributed by atoms with Crippen LogP contribution in [0, 0.1) is 5.82 Å². The zero-order chi connectivity index (χ0) is 26.5. The molecule has 2 aromatic heterocycles. The number of aliphatic hydroxyl groups is 1. The average molecular weight is 509 g/mol. The lowest BCUT2D eigenvalue weighted by atomic mass is 10.00. The quantitative estimate of drug-likeness (QED) is 0.264. The Morgan fingerprint density at radius 2 is 1.61 bits per heavy atom. The predicted molar refractivity (Wildman–Crippen MR) is 142 cm³/mol. The molecular formula is C31H25FN2O4. The highest BCUT2D eigenvalue weighted by Gasteiger charge is 2.24. The van der Waals surface area contributed by atoms with Gasteiger partial charge in [-0.1, -0.05) is 66.7 Å². The largest absolute Gasteiger partial charge is 0.484 e. The highest BCUT2D eigenvalue weighted by Crippen LogP contribution is 2.36. The van der Waals surface area contributed by atoms with Gasteiger partial charge in [-0.2, -0.15) is 0 Å². The molecule has 38 heavy (non-hydrogen) atoms. The predicted octanol–water partition coefficient (Wildman–Crippen LogP) is 5.88. The van der Waals surface area contributed by atoms with Crippen molar-refractivity contribution in [1.82, 2.24) is 9.97 Å². The van der Waals surface area contributed by atoms with Crippen LogP contribution in [0.1, 0.15) is 32.7 Å². The second kappa shape index (κ2) is 11.2. The summed E-state index contributed by atoms with van der Waals surface area (Å²) in [5.41, 5.74) is 5.27. The number of fused-ring (bicyclic) bond motifs is 1. The Labute approximate surface area is 219 Å². The van der Waals surface area contributed by atoms with Gasteiger partial charge in [-0.15, -0.1) is 0 Å². The lowest BCUT2D eigenvalue weighted by Gasteiger charge is -2.16. The van der Waals surface area contributed by atoms with Gasteiger partial charge in [0.05, 0.1) is 19.4 Å². The number of nitrogens with zero attached hydrogens (tertiary/aromatic N) is 2. The van der Waals surface area contributed by atoms with Gasteiger partial charge in [0.25, 0.3) is 0 Å². The molecule has 2 heterocycles. The van der Waals surface area contributed by atoms with Crippen LogP contribution in [0.25, 0.3) is 22.2 Å². The average Bonchev–Trinajstić information content (AvgIpc) is 2.97. The number of hydrogen-bond acceptors (Lipinski definition) is 6. The van der Waals surface area contributed by atoms with Crippen LogP contribution in [0.5, 0.6) is 5.75 Å². The minimum Gasteiger partial charge on any atom is -0.484 e. The fraction of sp³-hybridized carbons (Fsp3) is 0.129. The van der Waals surface area contributed by atoms with E-state index in [0.717, 1.165) is 27.8 Å². The number of aromatic nitrogens is 2. The standard InChI is InChI=1S/C31H25FN2O4/c1-37-31(36)29-30(38-19-22-5-3-2-4-6-22)28-26(27(34-29)24-11-7-21(18-35)8-12-24)16-23(17-33-28)15-20-9-13-25(32)14-10-20/h2-14,16-17,35H,15,18-19H2,1H3. The van der Waals surface area contributed by atoms with Crippen LogP contribution >= 0.6 is 0 Å². The van der Waals surface area contributed by atoms with E-state index < -0.39 is 5.97 Å². The molecule has 3 aromatic carbocycles. The number of rotatable bonds is 8. The van der Waals surface area contributed by atoms with Gasteiger partial charge < -0.3 is 14.6 Å². The molecule has 0 atom stereocenters. The molecule has 0 saturated heterocycles. The number of ether oxygens (including phenoxy) is 2. The third kappa shape index (κ3) is 5.38. The van der Waals surface area contributed by atoms with Gasteiger partial charge in [-0.3, -0.25) is 4.98 Å². The monoisotopic (exact) mass is 508 g/mol. The normalized spacial score (nSPS) is 10.9. The van der Waals surface area contributed by atoms with Crippen LogP contribution < -0.4 is 4.74 Å². The molecule has 190 valence electrons. The van der Waals surface area contributed by atoms with Crippen LogP contribution in [-0.2, 0) is 24.4 Å². The zero-order valence-electron chi connectivity index (χ0n) is 20.7. The van der Waals surface area contributed by atoms with E-state index in [2.05, 4.69) is 0 Å². The molecule has 0 aliphatic carbocycles. The SMILES string of the molecule is COC(=O)c1nc(-c2ccc(CO)cc2)c2cc(Cc3ccc(F)cc3)cnc2c1OCc1ccccc1.